The third kappa shape index (κ3) is 5.87. The lowest BCUT2D eigenvalue weighted by atomic mass is 10.1. The van der Waals surface area contributed by atoms with Crippen LogP contribution in [-0.2, 0) is 26.9 Å². The molecule has 1 fully saturated rings. The molecule has 11 heteroatoms. The van der Waals surface area contributed by atoms with Gasteiger partial charge in [-0.1, -0.05) is 42.2 Å². The molecule has 1 saturated heterocycles. The number of thiocarbonyl (C=S) groups is 1. The smallest absolute Gasteiger partial charge is 0.420 e. The summed E-state index contributed by atoms with van der Waals surface area (Å²) in [6.45, 7) is 0. The largest absolute Gasteiger partial charge is 0.468 e. The van der Waals surface area contributed by atoms with Crippen molar-refractivity contribution in [3.05, 3.63) is 64.1 Å². The Balaban J connectivity index is 1.82. The Morgan fingerprint density at radius 2 is 1.94 bits per heavy atom. The summed E-state index contributed by atoms with van der Waals surface area (Å²) in [7, 11) is 1.23. The number of hydrogen-bond acceptors (Lipinski definition) is 7. The molecule has 0 saturated carbocycles. The zero-order valence-electron chi connectivity index (χ0n) is 16.6. The van der Waals surface area contributed by atoms with Crippen LogP contribution >= 0.6 is 24.0 Å². The van der Waals surface area contributed by atoms with Crippen molar-refractivity contribution >= 4 is 46.3 Å². The number of ether oxygens (including phenoxy) is 2. The van der Waals surface area contributed by atoms with Crippen LogP contribution in [0.2, 0.25) is 0 Å². The summed E-state index contributed by atoms with van der Waals surface area (Å²) in [6.07, 6.45) is -3.14. The highest BCUT2D eigenvalue weighted by Crippen LogP contribution is 2.39. The van der Waals surface area contributed by atoms with E-state index < -0.39 is 35.4 Å². The number of amides is 1. The maximum absolute atomic E-state index is 13.6. The van der Waals surface area contributed by atoms with Gasteiger partial charge in [-0.05, 0) is 47.9 Å². The van der Waals surface area contributed by atoms with Crippen molar-refractivity contribution in [2.75, 3.05) is 7.11 Å². The van der Waals surface area contributed by atoms with Gasteiger partial charge in [0, 0.05) is 0 Å². The van der Waals surface area contributed by atoms with Gasteiger partial charge in [0.05, 0.1) is 17.6 Å². The van der Waals surface area contributed by atoms with E-state index in [-0.39, 0.29) is 27.0 Å². The van der Waals surface area contributed by atoms with Crippen molar-refractivity contribution < 1.29 is 32.2 Å². The van der Waals surface area contributed by atoms with E-state index >= 15 is 0 Å². The number of nitrogens with one attached hydrogen (secondary N) is 1. The highest BCUT2D eigenvalue weighted by molar-refractivity contribution is 8.26. The molecule has 2 aromatic carbocycles. The first-order valence-electron chi connectivity index (χ1n) is 9.13. The minimum Gasteiger partial charge on any atom is -0.468 e. The number of alkyl halides is 3. The van der Waals surface area contributed by atoms with Crippen LogP contribution in [0.25, 0.3) is 6.08 Å². The summed E-state index contributed by atoms with van der Waals surface area (Å²) in [5.74, 6) is -1.24. The molecule has 1 atom stereocenters. The minimum atomic E-state index is -4.68. The molecule has 1 aliphatic heterocycles. The van der Waals surface area contributed by atoms with Gasteiger partial charge in [-0.2, -0.15) is 13.2 Å². The van der Waals surface area contributed by atoms with E-state index in [1.54, 1.807) is 12.1 Å². The van der Waals surface area contributed by atoms with E-state index in [1.165, 1.54) is 37.5 Å². The number of nitrogens with two attached hydrogens (primary N) is 1. The maximum atomic E-state index is 13.6. The van der Waals surface area contributed by atoms with Gasteiger partial charge in [0.25, 0.3) is 5.91 Å². The summed E-state index contributed by atoms with van der Waals surface area (Å²) in [5.41, 5.74) is 5.59. The van der Waals surface area contributed by atoms with Crippen molar-refractivity contribution in [2.24, 2.45) is 5.73 Å². The van der Waals surface area contributed by atoms with E-state index in [1.807, 2.05) is 0 Å². The van der Waals surface area contributed by atoms with Crippen LogP contribution in [-0.4, -0.2) is 29.3 Å². The third-order valence-electron chi connectivity index (χ3n) is 4.36. The predicted octanol–water partition coefficient (Wildman–Crippen LogP) is 4.03. The first-order valence-corrected chi connectivity index (χ1v) is 10.4. The second-order valence-corrected chi connectivity index (χ2v) is 8.40. The zero-order chi connectivity index (χ0) is 23.5. The van der Waals surface area contributed by atoms with Gasteiger partial charge < -0.3 is 20.5 Å². The Kier molecular flexibility index (Phi) is 7.22. The number of carbonyl (C=O) groups is 2. The predicted molar refractivity (Wildman–Crippen MR) is 118 cm³/mol. The lowest BCUT2D eigenvalue weighted by Crippen LogP contribution is -2.33. The normalized spacial score (nSPS) is 16.1. The number of rotatable bonds is 6. The third-order valence-corrected chi connectivity index (χ3v) is 5.52. The Bertz CT molecular complexity index is 1090. The molecule has 0 aromatic heterocycles. The number of carbonyl (C=O) groups excluding carboxylic acids is 2. The van der Waals surface area contributed by atoms with Crippen molar-refractivity contribution in [1.82, 2.24) is 5.32 Å². The molecule has 0 unspecified atom stereocenters. The summed E-state index contributed by atoms with van der Waals surface area (Å²) >= 11 is 5.86. The van der Waals surface area contributed by atoms with Gasteiger partial charge in [0.1, 0.15) is 21.9 Å². The molecule has 0 bridgehead atoms. The van der Waals surface area contributed by atoms with E-state index in [0.717, 1.165) is 17.8 Å². The molecule has 0 radical (unpaired) electrons. The summed E-state index contributed by atoms with van der Waals surface area (Å²) in [5, 5.41) is 2.41. The fraction of sp³-hybridized carbons (Fsp3) is 0.190. The van der Waals surface area contributed by atoms with Crippen LogP contribution in [0, 0.1) is 0 Å². The fourth-order valence-corrected chi connectivity index (χ4v) is 3.87. The van der Waals surface area contributed by atoms with Crippen LogP contribution in [0.5, 0.6) is 11.5 Å². The molecule has 0 spiro atoms. The van der Waals surface area contributed by atoms with Crippen LogP contribution < -0.4 is 15.8 Å². The molecule has 6 nitrogen and oxygen atoms in total. The average Bonchev–Trinajstić information content (AvgIpc) is 3.05. The van der Waals surface area contributed by atoms with Crippen molar-refractivity contribution in [1.29, 1.82) is 0 Å². The van der Waals surface area contributed by atoms with Crippen molar-refractivity contribution in [3.8, 4) is 11.5 Å². The maximum Gasteiger partial charge on any atom is 0.420 e. The van der Waals surface area contributed by atoms with E-state index in [2.05, 4.69) is 10.1 Å². The standard InChI is InChI=1S/C21H17F3N2O4S2/c1-29-19(28)15(25)9-11-2-5-13(6-3-11)30-16-7-4-12(8-14(16)21(22,23)24)10-17-18(27)26-20(31)32-17/h2-8,10,15H,9,25H2,1H3,(H,26,27,31)/b17-10-/t15-/m0/s1. The SMILES string of the molecule is COC(=O)[C@@H](N)Cc1ccc(Oc2ccc(/C=C3\SC(=S)NC3=O)cc2C(F)(F)F)cc1. The van der Waals surface area contributed by atoms with Gasteiger partial charge in [0.15, 0.2) is 0 Å². The highest BCUT2D eigenvalue weighted by atomic mass is 32.2. The van der Waals surface area contributed by atoms with Gasteiger partial charge in [-0.25, -0.2) is 0 Å². The highest BCUT2D eigenvalue weighted by Gasteiger charge is 2.35. The van der Waals surface area contributed by atoms with Crippen LogP contribution in [0.1, 0.15) is 16.7 Å². The molecule has 168 valence electrons. The second-order valence-electron chi connectivity index (χ2n) is 6.69. The summed E-state index contributed by atoms with van der Waals surface area (Å²) < 4.78 is 51.2. The lowest BCUT2D eigenvalue weighted by Gasteiger charge is -2.15. The first kappa shape index (κ1) is 23.8. The van der Waals surface area contributed by atoms with Crippen molar-refractivity contribution in [3.63, 3.8) is 0 Å². The monoisotopic (exact) mass is 482 g/mol. The van der Waals surface area contributed by atoms with E-state index in [4.69, 9.17) is 22.7 Å². The fourth-order valence-electron chi connectivity index (χ4n) is 2.83. The molecular formula is C21H17F3N2O4S2. The van der Waals surface area contributed by atoms with Gasteiger partial charge >= 0.3 is 12.1 Å². The van der Waals surface area contributed by atoms with Crippen LogP contribution in [0.4, 0.5) is 13.2 Å². The lowest BCUT2D eigenvalue weighted by molar-refractivity contribution is -0.142. The number of hydrogen-bond donors (Lipinski definition) is 2. The molecule has 0 aliphatic carbocycles. The molecule has 32 heavy (non-hydrogen) atoms. The zero-order valence-corrected chi connectivity index (χ0v) is 18.2. The topological polar surface area (TPSA) is 90.7 Å². The Labute approximate surface area is 190 Å². The van der Waals surface area contributed by atoms with E-state index in [0.29, 0.717) is 5.56 Å². The molecule has 1 aliphatic rings. The summed E-state index contributed by atoms with van der Waals surface area (Å²) in [6, 6.07) is 8.82. The Hall–Kier alpha value is -2.89. The number of benzene rings is 2. The van der Waals surface area contributed by atoms with Gasteiger partial charge in [0.2, 0.25) is 0 Å². The number of methoxy groups -OCH3 is 1. The minimum absolute atomic E-state index is 0.174. The number of thioether (sulfide) groups is 1. The first-order chi connectivity index (χ1) is 15.1. The van der Waals surface area contributed by atoms with E-state index in [9.17, 15) is 22.8 Å². The molecule has 3 N–H and O–H groups in total. The average molecular weight is 483 g/mol. The van der Waals surface area contributed by atoms with Crippen LogP contribution in [0.3, 0.4) is 0 Å². The molecule has 3 rings (SSSR count). The van der Waals surface area contributed by atoms with Gasteiger partial charge in [-0.3, -0.25) is 9.59 Å². The second kappa shape index (κ2) is 9.72. The van der Waals surface area contributed by atoms with Gasteiger partial charge in [-0.15, -0.1) is 0 Å². The number of esters is 1. The van der Waals surface area contributed by atoms with Crippen LogP contribution in [0.15, 0.2) is 47.4 Å². The molecule has 2 aromatic rings. The molecular weight excluding hydrogens is 465 g/mol. The Morgan fingerprint density at radius 1 is 1.25 bits per heavy atom. The molecule has 1 amide bonds. The Morgan fingerprint density at radius 3 is 2.50 bits per heavy atom. The van der Waals surface area contributed by atoms with Crippen molar-refractivity contribution in [2.45, 2.75) is 18.6 Å². The molecule has 1 heterocycles. The quantitative estimate of drug-likeness (QED) is 0.365. The summed E-state index contributed by atoms with van der Waals surface area (Å²) in [4.78, 5) is 23.4. The number of halogens is 3.